The highest BCUT2D eigenvalue weighted by molar-refractivity contribution is 5.59. The summed E-state index contributed by atoms with van der Waals surface area (Å²) < 4.78 is 5.33. The second kappa shape index (κ2) is 5.87. The van der Waals surface area contributed by atoms with Gasteiger partial charge in [0.1, 0.15) is 5.75 Å². The number of hydrogen-bond acceptors (Lipinski definition) is 2. The van der Waals surface area contributed by atoms with E-state index >= 15 is 0 Å². The summed E-state index contributed by atoms with van der Waals surface area (Å²) in [4.78, 5) is 0. The summed E-state index contributed by atoms with van der Waals surface area (Å²) in [5.41, 5.74) is 2.57. The van der Waals surface area contributed by atoms with Crippen LogP contribution in [-0.2, 0) is 0 Å². The van der Waals surface area contributed by atoms with Crippen molar-refractivity contribution < 1.29 is 4.74 Å². The first-order chi connectivity index (χ1) is 7.92. The molecule has 0 atom stereocenters. The van der Waals surface area contributed by atoms with Crippen molar-refractivity contribution in [2.45, 2.75) is 33.2 Å². The molecule has 1 aromatic carbocycles. The zero-order chi connectivity index (χ0) is 12.9. The lowest BCUT2D eigenvalue weighted by molar-refractivity contribution is 0.413. The maximum atomic E-state index is 5.33. The monoisotopic (exact) mass is 233 g/mol. The van der Waals surface area contributed by atoms with Gasteiger partial charge in [-0.25, -0.2) is 0 Å². The Balaban J connectivity index is 2.73. The van der Waals surface area contributed by atoms with Crippen molar-refractivity contribution in [1.82, 2.24) is 5.32 Å². The van der Waals surface area contributed by atoms with Gasteiger partial charge in [0.05, 0.1) is 7.11 Å². The average molecular weight is 233 g/mol. The molecule has 2 heteroatoms. The van der Waals surface area contributed by atoms with E-state index in [1.54, 1.807) is 7.11 Å². The topological polar surface area (TPSA) is 21.3 Å². The second-order valence-electron chi connectivity index (χ2n) is 5.34. The standard InChI is InChI=1S/C15H23NO/c1-12(11-16-15(2,3)4)10-13-8-6-7-9-14(13)17-5/h6-10,16H,11H2,1-5H3. The van der Waals surface area contributed by atoms with Crippen molar-refractivity contribution in [3.05, 3.63) is 35.4 Å². The van der Waals surface area contributed by atoms with Crippen molar-refractivity contribution in [2.24, 2.45) is 0 Å². The van der Waals surface area contributed by atoms with Crippen molar-refractivity contribution in [3.63, 3.8) is 0 Å². The molecule has 0 amide bonds. The molecule has 0 aromatic heterocycles. The van der Waals surface area contributed by atoms with Crippen LogP contribution in [0.2, 0.25) is 0 Å². The summed E-state index contributed by atoms with van der Waals surface area (Å²) in [6.07, 6.45) is 2.16. The van der Waals surface area contributed by atoms with Gasteiger partial charge in [-0.05, 0) is 33.8 Å². The molecule has 0 radical (unpaired) electrons. The molecule has 1 aromatic rings. The quantitative estimate of drug-likeness (QED) is 0.859. The highest BCUT2D eigenvalue weighted by Crippen LogP contribution is 2.20. The third-order valence-electron chi connectivity index (χ3n) is 2.44. The normalized spacial score (nSPS) is 12.6. The molecule has 17 heavy (non-hydrogen) atoms. The van der Waals surface area contributed by atoms with Gasteiger partial charge < -0.3 is 10.1 Å². The number of rotatable bonds is 4. The van der Waals surface area contributed by atoms with Crippen LogP contribution in [0.15, 0.2) is 29.8 Å². The Labute approximate surface area is 105 Å². The Kier molecular flexibility index (Phi) is 4.76. The minimum Gasteiger partial charge on any atom is -0.496 e. The van der Waals surface area contributed by atoms with Crippen LogP contribution >= 0.6 is 0 Å². The fourth-order valence-electron chi connectivity index (χ4n) is 1.51. The van der Waals surface area contributed by atoms with Gasteiger partial charge in [-0.2, -0.15) is 0 Å². The van der Waals surface area contributed by atoms with E-state index in [0.29, 0.717) is 0 Å². The zero-order valence-electron chi connectivity index (χ0n) is 11.5. The molecule has 2 nitrogen and oxygen atoms in total. The number of hydrogen-bond donors (Lipinski definition) is 1. The molecule has 0 aliphatic heterocycles. The van der Waals surface area contributed by atoms with E-state index in [0.717, 1.165) is 17.9 Å². The molecule has 0 saturated heterocycles. The van der Waals surface area contributed by atoms with Crippen molar-refractivity contribution in [2.75, 3.05) is 13.7 Å². The van der Waals surface area contributed by atoms with E-state index in [-0.39, 0.29) is 5.54 Å². The molecule has 0 bridgehead atoms. The molecule has 1 rings (SSSR count). The lowest BCUT2D eigenvalue weighted by atomic mass is 10.1. The van der Waals surface area contributed by atoms with Gasteiger partial charge in [0.25, 0.3) is 0 Å². The summed E-state index contributed by atoms with van der Waals surface area (Å²) in [6, 6.07) is 8.06. The first-order valence-electron chi connectivity index (χ1n) is 5.97. The van der Waals surface area contributed by atoms with Gasteiger partial charge in [0.15, 0.2) is 0 Å². The third-order valence-corrected chi connectivity index (χ3v) is 2.44. The first kappa shape index (κ1) is 13.8. The maximum Gasteiger partial charge on any atom is 0.126 e. The molecule has 94 valence electrons. The fraction of sp³-hybridized carbons (Fsp3) is 0.467. The summed E-state index contributed by atoms with van der Waals surface area (Å²) >= 11 is 0. The lowest BCUT2D eigenvalue weighted by Gasteiger charge is -2.20. The summed E-state index contributed by atoms with van der Waals surface area (Å²) in [5, 5.41) is 3.47. The molecular weight excluding hydrogens is 210 g/mol. The number of para-hydroxylation sites is 1. The van der Waals surface area contributed by atoms with Crippen LogP contribution in [0, 0.1) is 0 Å². The smallest absolute Gasteiger partial charge is 0.126 e. The fourth-order valence-corrected chi connectivity index (χ4v) is 1.51. The van der Waals surface area contributed by atoms with Gasteiger partial charge in [-0.1, -0.05) is 29.8 Å². The molecule has 0 saturated carbocycles. The molecule has 0 aliphatic carbocycles. The van der Waals surface area contributed by atoms with Crippen LogP contribution in [0.3, 0.4) is 0 Å². The van der Waals surface area contributed by atoms with E-state index in [2.05, 4.69) is 45.2 Å². The van der Waals surface area contributed by atoms with Crippen LogP contribution in [0.25, 0.3) is 6.08 Å². The first-order valence-corrected chi connectivity index (χ1v) is 5.97. The Hall–Kier alpha value is -1.28. The van der Waals surface area contributed by atoms with Gasteiger partial charge in [-0.3, -0.25) is 0 Å². The van der Waals surface area contributed by atoms with Crippen LogP contribution in [0.5, 0.6) is 5.75 Å². The predicted octanol–water partition coefficient (Wildman–Crippen LogP) is 3.49. The maximum absolute atomic E-state index is 5.33. The predicted molar refractivity (Wildman–Crippen MR) is 74.4 cm³/mol. The van der Waals surface area contributed by atoms with Crippen molar-refractivity contribution >= 4 is 6.08 Å². The third kappa shape index (κ3) is 5.05. The number of nitrogens with one attached hydrogen (secondary N) is 1. The Morgan fingerprint density at radius 2 is 1.94 bits per heavy atom. The van der Waals surface area contributed by atoms with E-state index < -0.39 is 0 Å². The summed E-state index contributed by atoms with van der Waals surface area (Å²) in [6.45, 7) is 9.53. The van der Waals surface area contributed by atoms with Gasteiger partial charge in [0, 0.05) is 17.6 Å². The van der Waals surface area contributed by atoms with Gasteiger partial charge in [-0.15, -0.1) is 0 Å². The minimum atomic E-state index is 0.149. The molecule has 0 aliphatic rings. The van der Waals surface area contributed by atoms with Crippen molar-refractivity contribution in [1.29, 1.82) is 0 Å². The van der Waals surface area contributed by atoms with Gasteiger partial charge in [0.2, 0.25) is 0 Å². The molecule has 0 spiro atoms. The number of methoxy groups -OCH3 is 1. The number of ether oxygens (including phenoxy) is 1. The molecule has 0 unspecified atom stereocenters. The minimum absolute atomic E-state index is 0.149. The zero-order valence-corrected chi connectivity index (χ0v) is 11.5. The second-order valence-corrected chi connectivity index (χ2v) is 5.34. The van der Waals surface area contributed by atoms with Crippen LogP contribution in [-0.4, -0.2) is 19.2 Å². The Morgan fingerprint density at radius 3 is 2.53 bits per heavy atom. The highest BCUT2D eigenvalue weighted by Gasteiger charge is 2.08. The molecule has 0 heterocycles. The van der Waals surface area contributed by atoms with Crippen LogP contribution in [0.1, 0.15) is 33.3 Å². The molecular formula is C15H23NO. The van der Waals surface area contributed by atoms with Crippen LogP contribution < -0.4 is 10.1 Å². The summed E-state index contributed by atoms with van der Waals surface area (Å²) in [5.74, 6) is 0.919. The number of benzene rings is 1. The van der Waals surface area contributed by atoms with Crippen LogP contribution in [0.4, 0.5) is 0 Å². The Bertz CT molecular complexity index is 388. The molecule has 1 N–H and O–H groups in total. The molecule has 0 fully saturated rings. The highest BCUT2D eigenvalue weighted by atomic mass is 16.5. The summed E-state index contributed by atoms with van der Waals surface area (Å²) in [7, 11) is 1.70. The van der Waals surface area contributed by atoms with E-state index in [9.17, 15) is 0 Å². The largest absolute Gasteiger partial charge is 0.496 e. The Morgan fingerprint density at radius 1 is 1.29 bits per heavy atom. The SMILES string of the molecule is COc1ccccc1C=C(C)CNC(C)(C)C. The lowest BCUT2D eigenvalue weighted by Crippen LogP contribution is -2.36. The van der Waals surface area contributed by atoms with E-state index in [4.69, 9.17) is 4.74 Å². The van der Waals surface area contributed by atoms with E-state index in [1.807, 2.05) is 18.2 Å². The average Bonchev–Trinajstić information content (AvgIpc) is 2.26. The van der Waals surface area contributed by atoms with E-state index in [1.165, 1.54) is 5.57 Å². The van der Waals surface area contributed by atoms with Gasteiger partial charge >= 0.3 is 0 Å². The van der Waals surface area contributed by atoms with Crippen molar-refractivity contribution in [3.8, 4) is 5.75 Å².